The average Bonchev–Trinajstić information content (AvgIpc) is 3.27. The molecular weight excluding hydrogens is 400 g/mol. The Labute approximate surface area is 202 Å². The predicted octanol–water partition coefficient (Wildman–Crippen LogP) is 9.54. The maximum Gasteiger partial charge on any atom is 0.0708 e. The van der Waals surface area contributed by atoms with Gasteiger partial charge in [-0.05, 0) is 30.2 Å². The van der Waals surface area contributed by atoms with Gasteiger partial charge in [-0.25, -0.2) is 0 Å². The highest BCUT2D eigenvalue weighted by Crippen LogP contribution is 2.31. The summed E-state index contributed by atoms with van der Waals surface area (Å²) in [5.74, 6) is 0. The van der Waals surface area contributed by atoms with Crippen molar-refractivity contribution >= 4 is 17.5 Å². The molecule has 0 radical (unpaired) electrons. The van der Waals surface area contributed by atoms with Gasteiger partial charge in [-0.1, -0.05) is 121 Å². The van der Waals surface area contributed by atoms with Gasteiger partial charge >= 0.3 is 0 Å². The molecule has 2 aliphatic rings. The Morgan fingerprint density at radius 2 is 1.27 bits per heavy atom. The predicted molar refractivity (Wildman–Crippen MR) is 146 cm³/mol. The Bertz CT molecular complexity index is 824. The van der Waals surface area contributed by atoms with Crippen LogP contribution in [-0.4, -0.2) is 17.7 Å². The molecule has 0 bridgehead atoms. The molecule has 2 nitrogen and oxygen atoms in total. The maximum absolute atomic E-state index is 4.48. The summed E-state index contributed by atoms with van der Waals surface area (Å²) in [5.41, 5.74) is 4.70. The molecule has 0 N–H and O–H groups in total. The number of hydrogen-bond acceptors (Lipinski definition) is 2. The van der Waals surface area contributed by atoms with Crippen molar-refractivity contribution in [3.8, 4) is 0 Å². The lowest BCUT2D eigenvalue weighted by Gasteiger charge is -2.18. The zero-order valence-electron chi connectivity index (χ0n) is 20.9. The van der Waals surface area contributed by atoms with Crippen molar-refractivity contribution < 1.29 is 0 Å². The fraction of sp³-hybridized carbons (Fsp3) is 0.516. The minimum atomic E-state index is 1.07. The first-order valence-electron chi connectivity index (χ1n) is 13.5. The molecular formula is C31H44N2. The van der Waals surface area contributed by atoms with Crippen LogP contribution in [0.2, 0.25) is 0 Å². The van der Waals surface area contributed by atoms with Crippen molar-refractivity contribution in [1.82, 2.24) is 4.90 Å². The molecule has 2 heterocycles. The molecule has 2 heteroatoms. The smallest absolute Gasteiger partial charge is 0.0708 e. The summed E-state index contributed by atoms with van der Waals surface area (Å²) in [6.45, 7) is 3.42. The summed E-state index contributed by atoms with van der Waals surface area (Å²) in [6.07, 6.45) is 34.9. The van der Waals surface area contributed by atoms with Crippen LogP contribution in [0.15, 0.2) is 71.5 Å². The van der Waals surface area contributed by atoms with Crippen molar-refractivity contribution in [2.45, 2.75) is 96.8 Å². The van der Waals surface area contributed by atoms with E-state index in [4.69, 9.17) is 0 Å². The number of para-hydroxylation sites is 1. The Morgan fingerprint density at radius 1 is 0.697 bits per heavy atom. The highest BCUT2D eigenvalue weighted by molar-refractivity contribution is 6.16. The van der Waals surface area contributed by atoms with Crippen LogP contribution >= 0.6 is 0 Å². The number of unbranched alkanes of at least 4 members (excludes halogenated alkanes) is 13. The molecule has 0 atom stereocenters. The van der Waals surface area contributed by atoms with Crippen molar-refractivity contribution in [3.05, 3.63) is 72.1 Å². The molecule has 1 aromatic carbocycles. The first-order valence-corrected chi connectivity index (χ1v) is 13.5. The number of aliphatic imine (C=N–C) groups is 1. The van der Waals surface area contributed by atoms with Crippen LogP contribution < -0.4 is 0 Å². The third kappa shape index (κ3) is 9.58. The van der Waals surface area contributed by atoms with Gasteiger partial charge in [0.15, 0.2) is 0 Å². The normalized spacial score (nSPS) is 15.6. The van der Waals surface area contributed by atoms with Gasteiger partial charge < -0.3 is 4.90 Å². The van der Waals surface area contributed by atoms with E-state index in [1.165, 1.54) is 107 Å². The molecule has 0 saturated heterocycles. The third-order valence-corrected chi connectivity index (χ3v) is 6.70. The van der Waals surface area contributed by atoms with E-state index in [0.717, 1.165) is 12.2 Å². The number of hydrogen-bond donors (Lipinski definition) is 0. The minimum absolute atomic E-state index is 1.07. The summed E-state index contributed by atoms with van der Waals surface area (Å²) in [5, 5.41) is 0. The van der Waals surface area contributed by atoms with E-state index in [1.54, 1.807) is 0 Å². The fourth-order valence-electron chi connectivity index (χ4n) is 4.58. The van der Waals surface area contributed by atoms with Gasteiger partial charge in [0.1, 0.15) is 0 Å². The largest absolute Gasteiger partial charge is 0.354 e. The van der Waals surface area contributed by atoms with Crippen molar-refractivity contribution in [3.63, 3.8) is 0 Å². The van der Waals surface area contributed by atoms with E-state index < -0.39 is 0 Å². The topological polar surface area (TPSA) is 15.6 Å². The first-order chi connectivity index (χ1) is 16.4. The Kier molecular flexibility index (Phi) is 11.9. The highest BCUT2D eigenvalue weighted by Gasteiger charge is 2.09. The second-order valence-corrected chi connectivity index (χ2v) is 9.53. The lowest BCUT2D eigenvalue weighted by Crippen LogP contribution is -2.13. The van der Waals surface area contributed by atoms with Crippen LogP contribution in [0, 0.1) is 0 Å². The van der Waals surface area contributed by atoms with Crippen LogP contribution in [0.4, 0.5) is 5.69 Å². The van der Waals surface area contributed by atoms with Gasteiger partial charge in [-0.3, -0.25) is 4.99 Å². The lowest BCUT2D eigenvalue weighted by molar-refractivity contribution is 0.461. The van der Waals surface area contributed by atoms with Crippen molar-refractivity contribution in [2.24, 2.45) is 4.99 Å². The number of fused-ring (bicyclic) bond motifs is 1. The van der Waals surface area contributed by atoms with E-state index in [-0.39, 0.29) is 0 Å². The SMILES string of the molecule is CCCCCCCCCCCCCCCCN1C=CC(=C/C=C2/C=Nc3ccccc32)C=C1. The van der Waals surface area contributed by atoms with Gasteiger partial charge in [-0.2, -0.15) is 0 Å². The van der Waals surface area contributed by atoms with E-state index in [0.29, 0.717) is 0 Å². The molecule has 0 amide bonds. The Balaban J connectivity index is 1.19. The molecule has 33 heavy (non-hydrogen) atoms. The van der Waals surface area contributed by atoms with E-state index in [1.807, 2.05) is 12.3 Å². The monoisotopic (exact) mass is 444 g/mol. The highest BCUT2D eigenvalue weighted by atomic mass is 15.1. The molecule has 178 valence electrons. The van der Waals surface area contributed by atoms with Crippen molar-refractivity contribution in [2.75, 3.05) is 6.54 Å². The number of rotatable bonds is 16. The molecule has 0 aromatic heterocycles. The third-order valence-electron chi connectivity index (χ3n) is 6.70. The van der Waals surface area contributed by atoms with Crippen LogP contribution in [-0.2, 0) is 0 Å². The number of nitrogens with zero attached hydrogens (tertiary/aromatic N) is 2. The summed E-state index contributed by atoms with van der Waals surface area (Å²) in [6, 6.07) is 8.31. The fourth-order valence-corrected chi connectivity index (χ4v) is 4.58. The van der Waals surface area contributed by atoms with Crippen LogP contribution in [0.1, 0.15) is 102 Å². The summed E-state index contributed by atoms with van der Waals surface area (Å²) in [4.78, 5) is 6.79. The number of allylic oxidation sites excluding steroid dienone is 6. The molecule has 0 aliphatic carbocycles. The van der Waals surface area contributed by atoms with E-state index >= 15 is 0 Å². The number of benzene rings is 1. The van der Waals surface area contributed by atoms with Gasteiger partial charge in [0.2, 0.25) is 0 Å². The summed E-state index contributed by atoms with van der Waals surface area (Å²) in [7, 11) is 0. The molecule has 1 aromatic rings. The molecule has 0 spiro atoms. The minimum Gasteiger partial charge on any atom is -0.354 e. The molecule has 0 unspecified atom stereocenters. The Hall–Kier alpha value is -2.35. The second kappa shape index (κ2) is 15.5. The first kappa shape index (κ1) is 25.3. The van der Waals surface area contributed by atoms with E-state index in [9.17, 15) is 0 Å². The second-order valence-electron chi connectivity index (χ2n) is 9.53. The van der Waals surface area contributed by atoms with Gasteiger partial charge in [0.25, 0.3) is 0 Å². The van der Waals surface area contributed by atoms with E-state index in [2.05, 4.69) is 71.7 Å². The van der Waals surface area contributed by atoms with Crippen LogP contribution in [0.3, 0.4) is 0 Å². The zero-order valence-corrected chi connectivity index (χ0v) is 20.9. The van der Waals surface area contributed by atoms with Gasteiger partial charge in [-0.15, -0.1) is 0 Å². The molecule has 2 aliphatic heterocycles. The zero-order chi connectivity index (χ0) is 23.0. The summed E-state index contributed by atoms with van der Waals surface area (Å²) >= 11 is 0. The quantitative estimate of drug-likeness (QED) is 0.232. The molecule has 3 rings (SSSR count). The van der Waals surface area contributed by atoms with Gasteiger partial charge in [0, 0.05) is 36.3 Å². The van der Waals surface area contributed by atoms with Crippen LogP contribution in [0.25, 0.3) is 5.57 Å². The average molecular weight is 445 g/mol. The van der Waals surface area contributed by atoms with Crippen molar-refractivity contribution in [1.29, 1.82) is 0 Å². The van der Waals surface area contributed by atoms with Gasteiger partial charge in [0.05, 0.1) is 5.69 Å². The lowest BCUT2D eigenvalue weighted by atomic mass is 10.0. The molecule has 0 fully saturated rings. The standard InChI is InChI=1S/C31H44N2/c1-2-3-4-5-6-7-8-9-10-11-12-13-14-17-24-33-25-22-28(23-26-33)20-21-29-27-32-31-19-16-15-18-30(29)31/h15-16,18-23,25-27H,2-14,17,24H2,1H3/b29-21-. The maximum atomic E-state index is 4.48. The molecule has 0 saturated carbocycles. The van der Waals surface area contributed by atoms with Crippen LogP contribution in [0.5, 0.6) is 0 Å². The summed E-state index contributed by atoms with van der Waals surface area (Å²) < 4.78 is 0. The Morgan fingerprint density at radius 3 is 1.91 bits per heavy atom.